The normalized spacial score (nSPS) is 13.1. The van der Waals surface area contributed by atoms with Gasteiger partial charge in [-0.1, -0.05) is 135 Å². The lowest BCUT2D eigenvalue weighted by molar-refractivity contribution is -0.870. The van der Waals surface area contributed by atoms with Crippen LogP contribution in [-0.2, 0) is 33.3 Å². The zero-order valence-electron chi connectivity index (χ0n) is 33.1. The van der Waals surface area contributed by atoms with Crippen LogP contribution < -0.4 is 0 Å². The van der Waals surface area contributed by atoms with Crippen molar-refractivity contribution in [1.82, 2.24) is 0 Å². The molecule has 0 aromatic heterocycles. The van der Waals surface area contributed by atoms with Gasteiger partial charge in [-0.15, -0.1) is 0 Å². The van der Waals surface area contributed by atoms with Gasteiger partial charge in [-0.25, -0.2) is 4.79 Å². The van der Waals surface area contributed by atoms with E-state index in [1.165, 1.54) is 96.3 Å². The Balaban J connectivity index is 4.39. The molecule has 0 aliphatic heterocycles. The summed E-state index contributed by atoms with van der Waals surface area (Å²) in [6.45, 7) is 4.81. The van der Waals surface area contributed by atoms with Gasteiger partial charge in [-0.2, -0.15) is 0 Å². The molecule has 0 radical (unpaired) electrons. The molecule has 0 saturated carbocycles. The summed E-state index contributed by atoms with van der Waals surface area (Å²) in [6, 6.07) is 0. The second-order valence-electron chi connectivity index (χ2n) is 14.9. The van der Waals surface area contributed by atoms with Gasteiger partial charge in [0.1, 0.15) is 13.2 Å². The maximum Gasteiger partial charge on any atom is 0.361 e. The van der Waals surface area contributed by atoms with E-state index in [9.17, 15) is 19.5 Å². The topological polar surface area (TPSA) is 108 Å². The van der Waals surface area contributed by atoms with Crippen LogP contribution in [0.25, 0.3) is 0 Å². The molecule has 0 amide bonds. The van der Waals surface area contributed by atoms with Gasteiger partial charge in [0, 0.05) is 12.8 Å². The van der Waals surface area contributed by atoms with Crippen LogP contribution in [0.2, 0.25) is 0 Å². The molecular weight excluding hydrogens is 634 g/mol. The largest absolute Gasteiger partial charge is 0.477 e. The lowest BCUT2D eigenvalue weighted by atomic mass is 10.1. The lowest BCUT2D eigenvalue weighted by Crippen LogP contribution is -2.40. The van der Waals surface area contributed by atoms with E-state index in [1.807, 2.05) is 21.1 Å². The highest BCUT2D eigenvalue weighted by molar-refractivity contribution is 5.71. The molecule has 0 aromatic carbocycles. The number of aliphatic carboxylic acids is 1. The molecule has 1 N–H and O–H groups in total. The number of carbonyl (C=O) groups is 3. The summed E-state index contributed by atoms with van der Waals surface area (Å²) in [5.41, 5.74) is 0. The first kappa shape index (κ1) is 48.0. The van der Waals surface area contributed by atoms with Crippen molar-refractivity contribution >= 4 is 17.9 Å². The molecule has 0 saturated heterocycles. The number of hydrogen-bond acceptors (Lipinski definition) is 7. The molecule has 2 atom stereocenters. The maximum absolute atomic E-state index is 12.7. The summed E-state index contributed by atoms with van der Waals surface area (Å²) >= 11 is 0. The number of carboxylic acids is 1. The molecular formula is C41H78NO8+. The Kier molecular flexibility index (Phi) is 32.8. The summed E-state index contributed by atoms with van der Waals surface area (Å²) in [6.07, 6.45) is 30.0. The van der Waals surface area contributed by atoms with Crippen molar-refractivity contribution in [3.8, 4) is 0 Å². The van der Waals surface area contributed by atoms with Gasteiger partial charge in [0.15, 0.2) is 6.10 Å². The average Bonchev–Trinajstić information content (AvgIpc) is 3.06. The Morgan fingerprint density at radius 3 is 1.48 bits per heavy atom. The Morgan fingerprint density at radius 1 is 0.580 bits per heavy atom. The number of allylic oxidation sites excluding steroid dienone is 2. The maximum atomic E-state index is 12.7. The van der Waals surface area contributed by atoms with Crippen LogP contribution in [-0.4, -0.2) is 87.4 Å². The number of rotatable bonds is 37. The molecule has 0 spiro atoms. The van der Waals surface area contributed by atoms with E-state index in [2.05, 4.69) is 26.0 Å². The van der Waals surface area contributed by atoms with Gasteiger partial charge in [0.05, 0.1) is 34.4 Å². The number of hydrogen-bond donors (Lipinski definition) is 1. The summed E-state index contributed by atoms with van der Waals surface area (Å²) in [5.74, 6) is -2.02. The third-order valence-electron chi connectivity index (χ3n) is 8.77. The fourth-order valence-electron chi connectivity index (χ4n) is 5.53. The number of likely N-dealkylation sites (N-methyl/N-ethyl adjacent to an activating group) is 1. The van der Waals surface area contributed by atoms with Crippen LogP contribution in [0.5, 0.6) is 0 Å². The average molecular weight is 713 g/mol. The van der Waals surface area contributed by atoms with Crippen LogP contribution in [0.4, 0.5) is 0 Å². The first-order valence-corrected chi connectivity index (χ1v) is 20.4. The minimum atomic E-state index is -1.50. The Morgan fingerprint density at radius 2 is 1.02 bits per heavy atom. The van der Waals surface area contributed by atoms with Crippen LogP contribution in [0.3, 0.4) is 0 Å². The van der Waals surface area contributed by atoms with E-state index in [-0.39, 0.29) is 32.2 Å². The number of carbonyl (C=O) groups excluding carboxylic acids is 2. The highest BCUT2D eigenvalue weighted by Gasteiger charge is 2.25. The van der Waals surface area contributed by atoms with Gasteiger partial charge >= 0.3 is 17.9 Å². The molecule has 0 aliphatic carbocycles. The molecule has 0 aromatic rings. The van der Waals surface area contributed by atoms with E-state index >= 15 is 0 Å². The molecule has 0 rings (SSSR count). The predicted octanol–water partition coefficient (Wildman–Crippen LogP) is 9.94. The SMILES string of the molecule is CCCCCCCCC/C=C\CCCCCCCCCC(=O)OC(COC(=O)CCCCCCCCC)COC(OCC[N+](C)(C)C)C(=O)O. The van der Waals surface area contributed by atoms with E-state index in [0.717, 1.165) is 51.4 Å². The van der Waals surface area contributed by atoms with E-state index in [4.69, 9.17) is 18.9 Å². The Bertz CT molecular complexity index is 841. The fourth-order valence-corrected chi connectivity index (χ4v) is 5.53. The first-order chi connectivity index (χ1) is 24.1. The summed E-state index contributed by atoms with van der Waals surface area (Å²) in [7, 11) is 5.94. The van der Waals surface area contributed by atoms with E-state index in [1.54, 1.807) is 0 Å². The van der Waals surface area contributed by atoms with Gasteiger partial charge in [0.25, 0.3) is 6.29 Å². The molecule has 0 heterocycles. The molecule has 0 aliphatic rings. The van der Waals surface area contributed by atoms with Crippen LogP contribution in [0.15, 0.2) is 12.2 Å². The van der Waals surface area contributed by atoms with Crippen molar-refractivity contribution in [3.05, 3.63) is 12.2 Å². The van der Waals surface area contributed by atoms with Gasteiger partial charge < -0.3 is 28.5 Å². The monoisotopic (exact) mass is 713 g/mol. The standard InChI is InChI=1S/C41H77NO8/c1-6-8-10-12-14-15-16-17-18-19-20-21-22-23-24-26-28-30-32-39(44)50-37(35-48-38(43)31-29-27-25-13-11-9-7-2)36-49-41(40(45)46)47-34-33-42(3,4)5/h18-19,37,41H,6-17,20-36H2,1-5H3/p+1/b19-18-. The number of ether oxygens (including phenoxy) is 4. The van der Waals surface area contributed by atoms with Crippen LogP contribution in [0.1, 0.15) is 174 Å². The van der Waals surface area contributed by atoms with Crippen molar-refractivity contribution in [2.75, 3.05) is 47.5 Å². The molecule has 9 heteroatoms. The first-order valence-electron chi connectivity index (χ1n) is 20.4. The highest BCUT2D eigenvalue weighted by Crippen LogP contribution is 2.14. The van der Waals surface area contributed by atoms with Crippen LogP contribution in [0, 0.1) is 0 Å². The molecule has 2 unspecified atom stereocenters. The zero-order chi connectivity index (χ0) is 37.1. The number of esters is 2. The van der Waals surface area contributed by atoms with Gasteiger partial charge in [-0.3, -0.25) is 9.59 Å². The number of carboxylic acid groups (broad SMARTS) is 1. The van der Waals surface area contributed by atoms with Gasteiger partial charge in [0.2, 0.25) is 0 Å². The second kappa shape index (κ2) is 34.1. The lowest BCUT2D eigenvalue weighted by Gasteiger charge is -2.25. The molecule has 294 valence electrons. The van der Waals surface area contributed by atoms with Crippen LogP contribution >= 0.6 is 0 Å². The molecule has 50 heavy (non-hydrogen) atoms. The number of quaternary nitrogens is 1. The third-order valence-corrected chi connectivity index (χ3v) is 8.77. The molecule has 0 bridgehead atoms. The Labute approximate surface area is 306 Å². The van der Waals surface area contributed by atoms with Crippen molar-refractivity contribution < 1.29 is 42.9 Å². The highest BCUT2D eigenvalue weighted by atomic mass is 16.7. The second-order valence-corrected chi connectivity index (χ2v) is 14.9. The fraction of sp³-hybridized carbons (Fsp3) is 0.878. The third kappa shape index (κ3) is 34.5. The number of nitrogens with zero attached hydrogens (tertiary/aromatic N) is 1. The summed E-state index contributed by atoms with van der Waals surface area (Å²) in [5, 5.41) is 9.57. The van der Waals surface area contributed by atoms with E-state index in [0.29, 0.717) is 17.4 Å². The smallest absolute Gasteiger partial charge is 0.361 e. The zero-order valence-corrected chi connectivity index (χ0v) is 33.1. The van der Waals surface area contributed by atoms with E-state index < -0.39 is 24.3 Å². The number of unbranched alkanes of at least 4 members (excludes halogenated alkanes) is 20. The minimum Gasteiger partial charge on any atom is -0.477 e. The molecule has 9 nitrogen and oxygen atoms in total. The van der Waals surface area contributed by atoms with Crippen molar-refractivity contribution in [2.45, 2.75) is 187 Å². The quantitative estimate of drug-likeness (QED) is 0.0223. The minimum absolute atomic E-state index is 0.180. The molecule has 0 fully saturated rings. The predicted molar refractivity (Wildman–Crippen MR) is 203 cm³/mol. The van der Waals surface area contributed by atoms with Crippen molar-refractivity contribution in [3.63, 3.8) is 0 Å². The summed E-state index contributed by atoms with van der Waals surface area (Å²) < 4.78 is 22.6. The summed E-state index contributed by atoms with van der Waals surface area (Å²) in [4.78, 5) is 36.8. The van der Waals surface area contributed by atoms with Gasteiger partial charge in [-0.05, 0) is 38.5 Å². The van der Waals surface area contributed by atoms with Crippen molar-refractivity contribution in [2.24, 2.45) is 0 Å². The van der Waals surface area contributed by atoms with Crippen molar-refractivity contribution in [1.29, 1.82) is 0 Å². The Hall–Kier alpha value is -1.97.